The minimum atomic E-state index is -0.937. The van der Waals surface area contributed by atoms with E-state index in [2.05, 4.69) is 9.97 Å². The molecule has 190 valence electrons. The van der Waals surface area contributed by atoms with Crippen molar-refractivity contribution in [3.05, 3.63) is 95.5 Å². The number of benzene rings is 3. The normalized spacial score (nSPS) is 10.9. The van der Waals surface area contributed by atoms with Crippen LogP contribution in [-0.2, 0) is 29.4 Å². The van der Waals surface area contributed by atoms with E-state index in [1.807, 2.05) is 54.6 Å². The van der Waals surface area contributed by atoms with E-state index < -0.39 is 5.97 Å². The summed E-state index contributed by atoms with van der Waals surface area (Å²) in [5, 5.41) is 19.0. The standard InChI is InChI=1S/C29H23N3O6/c30-15-28-32-25-9-5-19(13-27(25)38-28)16-35-17-21-14-23(8-10-26(21)36-12-11-29(33)34)37-18-22-7-6-20-3-1-2-4-24(20)31-22/h1-10,13-14H,11-12,16-18H2,(H,33,34). The monoisotopic (exact) mass is 509 g/mol. The highest BCUT2D eigenvalue weighted by atomic mass is 16.5. The first-order chi connectivity index (χ1) is 18.6. The maximum Gasteiger partial charge on any atom is 0.306 e. The van der Waals surface area contributed by atoms with Gasteiger partial charge in [-0.05, 0) is 48.0 Å². The first-order valence-corrected chi connectivity index (χ1v) is 11.9. The first-order valence-electron chi connectivity index (χ1n) is 11.9. The topological polar surface area (TPSA) is 128 Å². The van der Waals surface area contributed by atoms with E-state index in [1.54, 1.807) is 24.3 Å². The summed E-state index contributed by atoms with van der Waals surface area (Å²) >= 11 is 0. The highest BCUT2D eigenvalue weighted by Gasteiger charge is 2.10. The van der Waals surface area contributed by atoms with Gasteiger partial charge < -0.3 is 23.7 Å². The zero-order valence-electron chi connectivity index (χ0n) is 20.3. The summed E-state index contributed by atoms with van der Waals surface area (Å²) in [4.78, 5) is 19.6. The lowest BCUT2D eigenvalue weighted by atomic mass is 10.2. The number of nitriles is 1. The molecule has 0 aliphatic rings. The number of pyridine rings is 1. The second-order valence-electron chi connectivity index (χ2n) is 8.47. The van der Waals surface area contributed by atoms with Gasteiger partial charge in [-0.2, -0.15) is 10.2 Å². The van der Waals surface area contributed by atoms with E-state index in [0.29, 0.717) is 28.2 Å². The molecule has 0 atom stereocenters. The average molecular weight is 510 g/mol. The van der Waals surface area contributed by atoms with Gasteiger partial charge in [0.1, 0.15) is 23.6 Å². The third-order valence-corrected chi connectivity index (χ3v) is 5.72. The predicted octanol–water partition coefficient (Wildman–Crippen LogP) is 5.40. The number of carboxylic acids is 1. The van der Waals surface area contributed by atoms with Crippen molar-refractivity contribution in [2.45, 2.75) is 26.2 Å². The smallest absolute Gasteiger partial charge is 0.306 e. The molecule has 1 N–H and O–H groups in total. The zero-order chi connectivity index (χ0) is 26.3. The quantitative estimate of drug-likeness (QED) is 0.249. The van der Waals surface area contributed by atoms with Gasteiger partial charge in [-0.3, -0.25) is 4.79 Å². The molecule has 0 radical (unpaired) electrons. The molecule has 0 bridgehead atoms. The predicted molar refractivity (Wildman–Crippen MR) is 137 cm³/mol. The summed E-state index contributed by atoms with van der Waals surface area (Å²) in [6, 6.07) is 24.5. The molecule has 0 aliphatic carbocycles. The number of carboxylic acid groups (broad SMARTS) is 1. The summed E-state index contributed by atoms with van der Waals surface area (Å²) in [5.74, 6) is 0.202. The van der Waals surface area contributed by atoms with Crippen LogP contribution in [0.3, 0.4) is 0 Å². The van der Waals surface area contributed by atoms with Crippen molar-refractivity contribution >= 4 is 28.0 Å². The zero-order valence-corrected chi connectivity index (χ0v) is 20.3. The number of aromatic nitrogens is 2. The molecule has 2 aromatic heterocycles. The number of carbonyl (C=O) groups is 1. The van der Waals surface area contributed by atoms with E-state index >= 15 is 0 Å². The van der Waals surface area contributed by atoms with Crippen LogP contribution in [0.4, 0.5) is 0 Å². The molecular weight excluding hydrogens is 486 g/mol. The molecule has 2 heterocycles. The van der Waals surface area contributed by atoms with Gasteiger partial charge in [0.2, 0.25) is 0 Å². The molecule has 38 heavy (non-hydrogen) atoms. The molecule has 5 aromatic rings. The Labute approximate surface area is 217 Å². The fourth-order valence-electron chi connectivity index (χ4n) is 3.88. The Morgan fingerprint density at radius 3 is 2.68 bits per heavy atom. The van der Waals surface area contributed by atoms with Crippen molar-refractivity contribution < 1.29 is 28.5 Å². The lowest BCUT2D eigenvalue weighted by molar-refractivity contribution is -0.137. The molecule has 9 nitrogen and oxygen atoms in total. The Balaban J connectivity index is 1.27. The number of ether oxygens (including phenoxy) is 3. The highest BCUT2D eigenvalue weighted by Crippen LogP contribution is 2.27. The molecule has 0 unspecified atom stereocenters. The molecule has 0 aliphatic heterocycles. The van der Waals surface area contributed by atoms with Gasteiger partial charge in [0, 0.05) is 10.9 Å². The molecule has 0 saturated carbocycles. The summed E-state index contributed by atoms with van der Waals surface area (Å²) < 4.78 is 23.0. The second kappa shape index (κ2) is 11.4. The summed E-state index contributed by atoms with van der Waals surface area (Å²) in [6.45, 7) is 0.796. The maximum atomic E-state index is 10.9. The molecule has 0 spiro atoms. The number of fused-ring (bicyclic) bond motifs is 2. The first kappa shape index (κ1) is 24.7. The Morgan fingerprint density at radius 2 is 1.82 bits per heavy atom. The molecule has 0 fully saturated rings. The van der Waals surface area contributed by atoms with Crippen LogP contribution in [-0.4, -0.2) is 27.7 Å². The summed E-state index contributed by atoms with van der Waals surface area (Å²) in [6.07, 6.45) is -0.117. The highest BCUT2D eigenvalue weighted by molar-refractivity contribution is 5.78. The van der Waals surface area contributed by atoms with Crippen LogP contribution < -0.4 is 9.47 Å². The fourth-order valence-corrected chi connectivity index (χ4v) is 3.88. The second-order valence-corrected chi connectivity index (χ2v) is 8.47. The lowest BCUT2D eigenvalue weighted by Gasteiger charge is -2.14. The van der Waals surface area contributed by atoms with Gasteiger partial charge in [0.05, 0.1) is 37.5 Å². The SMILES string of the molecule is N#Cc1nc2ccc(COCc3cc(OCc4ccc5ccccc5n4)ccc3OCCC(=O)O)cc2o1. The van der Waals surface area contributed by atoms with Crippen molar-refractivity contribution in [1.82, 2.24) is 9.97 Å². The Hall–Kier alpha value is -4.94. The average Bonchev–Trinajstić information content (AvgIpc) is 3.35. The minimum absolute atomic E-state index is 0.0110. The van der Waals surface area contributed by atoms with Crippen LogP contribution in [0.25, 0.3) is 22.0 Å². The van der Waals surface area contributed by atoms with Crippen molar-refractivity contribution in [3.63, 3.8) is 0 Å². The van der Waals surface area contributed by atoms with Gasteiger partial charge in [0.15, 0.2) is 11.7 Å². The number of hydrogen-bond donors (Lipinski definition) is 1. The summed E-state index contributed by atoms with van der Waals surface area (Å²) in [7, 11) is 0. The van der Waals surface area contributed by atoms with Gasteiger partial charge in [-0.25, -0.2) is 4.98 Å². The van der Waals surface area contributed by atoms with Crippen molar-refractivity contribution in [2.24, 2.45) is 0 Å². The van der Waals surface area contributed by atoms with Crippen molar-refractivity contribution in [3.8, 4) is 17.6 Å². The van der Waals surface area contributed by atoms with Gasteiger partial charge >= 0.3 is 11.9 Å². The summed E-state index contributed by atoms with van der Waals surface area (Å²) in [5.41, 5.74) is 4.37. The molecule has 5 rings (SSSR count). The number of aliphatic carboxylic acids is 1. The molecule has 0 saturated heterocycles. The van der Waals surface area contributed by atoms with E-state index in [0.717, 1.165) is 22.2 Å². The Morgan fingerprint density at radius 1 is 0.921 bits per heavy atom. The third-order valence-electron chi connectivity index (χ3n) is 5.72. The lowest BCUT2D eigenvalue weighted by Crippen LogP contribution is -2.07. The fraction of sp³-hybridized carbons (Fsp3) is 0.172. The van der Waals surface area contributed by atoms with Crippen molar-refractivity contribution in [2.75, 3.05) is 6.61 Å². The number of para-hydroxylation sites is 1. The minimum Gasteiger partial charge on any atom is -0.493 e. The van der Waals surface area contributed by atoms with Crippen LogP contribution in [0, 0.1) is 11.3 Å². The van der Waals surface area contributed by atoms with Crippen LogP contribution >= 0.6 is 0 Å². The van der Waals surface area contributed by atoms with E-state index in [1.165, 1.54) is 0 Å². The number of rotatable bonds is 11. The number of hydrogen-bond acceptors (Lipinski definition) is 8. The van der Waals surface area contributed by atoms with Crippen LogP contribution in [0.2, 0.25) is 0 Å². The van der Waals surface area contributed by atoms with Crippen LogP contribution in [0.5, 0.6) is 11.5 Å². The van der Waals surface area contributed by atoms with E-state index in [-0.39, 0.29) is 38.7 Å². The van der Waals surface area contributed by atoms with Gasteiger partial charge in [-0.15, -0.1) is 0 Å². The number of nitrogens with zero attached hydrogens (tertiary/aromatic N) is 3. The van der Waals surface area contributed by atoms with Crippen LogP contribution in [0.1, 0.15) is 29.1 Å². The van der Waals surface area contributed by atoms with Crippen molar-refractivity contribution in [1.29, 1.82) is 5.26 Å². The van der Waals surface area contributed by atoms with Gasteiger partial charge in [0.25, 0.3) is 0 Å². The van der Waals surface area contributed by atoms with E-state index in [9.17, 15) is 4.79 Å². The molecular formula is C29H23N3O6. The van der Waals surface area contributed by atoms with E-state index in [4.69, 9.17) is 29.0 Å². The van der Waals surface area contributed by atoms with Crippen LogP contribution in [0.15, 0.2) is 77.2 Å². The largest absolute Gasteiger partial charge is 0.493 e. The third kappa shape index (κ3) is 6.06. The Bertz CT molecular complexity index is 1640. The van der Waals surface area contributed by atoms with Gasteiger partial charge in [-0.1, -0.05) is 30.3 Å². The Kier molecular flexibility index (Phi) is 7.43. The molecule has 9 heteroatoms. The molecule has 3 aromatic carbocycles. The molecule has 0 amide bonds. The number of oxazole rings is 1. The maximum absolute atomic E-state index is 10.9.